The summed E-state index contributed by atoms with van der Waals surface area (Å²) in [7, 11) is 0. The minimum atomic E-state index is -0.186. The van der Waals surface area contributed by atoms with Crippen molar-refractivity contribution in [3.8, 4) is 0 Å². The lowest BCUT2D eigenvalue weighted by Crippen LogP contribution is -2.09. The number of rotatable bonds is 4. The van der Waals surface area contributed by atoms with Crippen molar-refractivity contribution in [3.63, 3.8) is 0 Å². The Morgan fingerprint density at radius 2 is 1.89 bits per heavy atom. The van der Waals surface area contributed by atoms with Gasteiger partial charge in [-0.25, -0.2) is 4.79 Å². The van der Waals surface area contributed by atoms with Crippen molar-refractivity contribution < 1.29 is 9.53 Å². The molecule has 2 heteroatoms. The molecule has 102 valence electrons. The molecule has 1 saturated carbocycles. The van der Waals surface area contributed by atoms with E-state index in [4.69, 9.17) is 4.74 Å². The van der Waals surface area contributed by atoms with Crippen molar-refractivity contribution in [2.24, 2.45) is 5.92 Å². The van der Waals surface area contributed by atoms with Crippen LogP contribution in [0.1, 0.15) is 44.6 Å². The van der Waals surface area contributed by atoms with Crippen molar-refractivity contribution in [1.29, 1.82) is 0 Å². The molecule has 2 nitrogen and oxygen atoms in total. The fourth-order valence-corrected chi connectivity index (χ4v) is 2.56. The molecule has 0 saturated heterocycles. The highest BCUT2D eigenvalue weighted by molar-refractivity contribution is 5.87. The van der Waals surface area contributed by atoms with E-state index in [1.807, 2.05) is 37.3 Å². The predicted molar refractivity (Wildman–Crippen MR) is 76.6 cm³/mol. The van der Waals surface area contributed by atoms with Crippen LogP contribution in [0.25, 0.3) is 0 Å². The third-order valence-electron chi connectivity index (χ3n) is 3.67. The SMILES string of the molecule is CC(=CC1CCCCC1)C(=O)OCc1ccccc1. The number of hydrogen-bond acceptors (Lipinski definition) is 2. The van der Waals surface area contributed by atoms with E-state index in [-0.39, 0.29) is 5.97 Å². The third-order valence-corrected chi connectivity index (χ3v) is 3.67. The highest BCUT2D eigenvalue weighted by Gasteiger charge is 2.14. The van der Waals surface area contributed by atoms with Crippen molar-refractivity contribution in [2.75, 3.05) is 0 Å². The van der Waals surface area contributed by atoms with Crippen LogP contribution in [0.2, 0.25) is 0 Å². The van der Waals surface area contributed by atoms with Crippen LogP contribution in [0, 0.1) is 5.92 Å². The van der Waals surface area contributed by atoms with Gasteiger partial charge in [0, 0.05) is 5.57 Å². The van der Waals surface area contributed by atoms with Gasteiger partial charge >= 0.3 is 5.97 Å². The van der Waals surface area contributed by atoms with Crippen molar-refractivity contribution >= 4 is 5.97 Å². The Kier molecular flexibility index (Phi) is 5.20. The number of ether oxygens (including phenoxy) is 1. The molecule has 2 rings (SSSR count). The van der Waals surface area contributed by atoms with Gasteiger partial charge in [-0.2, -0.15) is 0 Å². The molecule has 0 radical (unpaired) electrons. The Morgan fingerprint density at radius 3 is 2.58 bits per heavy atom. The number of carbonyl (C=O) groups is 1. The first-order chi connectivity index (χ1) is 9.25. The Labute approximate surface area is 115 Å². The lowest BCUT2D eigenvalue weighted by Gasteiger charge is -2.18. The summed E-state index contributed by atoms with van der Waals surface area (Å²) in [6, 6.07) is 9.79. The quantitative estimate of drug-likeness (QED) is 0.596. The molecular formula is C17H22O2. The van der Waals surface area contributed by atoms with Crippen LogP contribution in [0.15, 0.2) is 42.0 Å². The maximum absolute atomic E-state index is 11.9. The highest BCUT2D eigenvalue weighted by Crippen LogP contribution is 2.25. The van der Waals surface area contributed by atoms with Crippen LogP contribution in [0.4, 0.5) is 0 Å². The van der Waals surface area contributed by atoms with Gasteiger partial charge in [-0.1, -0.05) is 55.7 Å². The molecule has 1 aromatic carbocycles. The molecule has 1 fully saturated rings. The topological polar surface area (TPSA) is 26.3 Å². The van der Waals surface area contributed by atoms with E-state index in [1.165, 1.54) is 32.1 Å². The standard InChI is InChI=1S/C17H22O2/c1-14(12-15-8-4-2-5-9-15)17(18)19-13-16-10-6-3-7-11-16/h3,6-7,10-12,15H,2,4-5,8-9,13H2,1H3. The predicted octanol–water partition coefficient (Wildman–Crippen LogP) is 4.26. The first-order valence-electron chi connectivity index (χ1n) is 7.15. The first-order valence-corrected chi connectivity index (χ1v) is 7.15. The van der Waals surface area contributed by atoms with Gasteiger partial charge in [0.25, 0.3) is 0 Å². The van der Waals surface area contributed by atoms with Crippen molar-refractivity contribution in [3.05, 3.63) is 47.5 Å². The van der Waals surface area contributed by atoms with Gasteiger partial charge in [0.05, 0.1) is 0 Å². The Balaban J connectivity index is 1.83. The van der Waals surface area contributed by atoms with E-state index in [0.29, 0.717) is 12.5 Å². The molecule has 0 spiro atoms. The van der Waals surface area contributed by atoms with Crippen LogP contribution in [-0.2, 0) is 16.1 Å². The maximum atomic E-state index is 11.9. The van der Waals surface area contributed by atoms with E-state index in [2.05, 4.69) is 6.08 Å². The Hall–Kier alpha value is -1.57. The van der Waals surface area contributed by atoms with Gasteiger partial charge in [0.2, 0.25) is 0 Å². The summed E-state index contributed by atoms with van der Waals surface area (Å²) in [5, 5.41) is 0. The fourth-order valence-electron chi connectivity index (χ4n) is 2.56. The summed E-state index contributed by atoms with van der Waals surface area (Å²) in [6.07, 6.45) is 8.43. The normalized spacial score (nSPS) is 17.2. The highest BCUT2D eigenvalue weighted by atomic mass is 16.5. The molecule has 19 heavy (non-hydrogen) atoms. The lowest BCUT2D eigenvalue weighted by molar-refractivity contribution is -0.140. The van der Waals surface area contributed by atoms with Gasteiger partial charge in [-0.3, -0.25) is 0 Å². The zero-order valence-corrected chi connectivity index (χ0v) is 11.6. The smallest absolute Gasteiger partial charge is 0.333 e. The van der Waals surface area contributed by atoms with Crippen LogP contribution >= 0.6 is 0 Å². The molecule has 0 aromatic heterocycles. The van der Waals surface area contributed by atoms with Crippen LogP contribution in [-0.4, -0.2) is 5.97 Å². The molecule has 0 bridgehead atoms. The van der Waals surface area contributed by atoms with Gasteiger partial charge in [0.1, 0.15) is 6.61 Å². The second-order valence-electron chi connectivity index (χ2n) is 5.31. The van der Waals surface area contributed by atoms with Gasteiger partial charge in [-0.15, -0.1) is 0 Å². The van der Waals surface area contributed by atoms with E-state index in [9.17, 15) is 4.79 Å². The molecule has 1 aromatic rings. The zero-order valence-electron chi connectivity index (χ0n) is 11.6. The molecule has 1 aliphatic rings. The van der Waals surface area contributed by atoms with Crippen LogP contribution in [0.5, 0.6) is 0 Å². The van der Waals surface area contributed by atoms with Crippen LogP contribution < -0.4 is 0 Å². The number of hydrogen-bond donors (Lipinski definition) is 0. The van der Waals surface area contributed by atoms with E-state index in [1.54, 1.807) is 0 Å². The van der Waals surface area contributed by atoms with Gasteiger partial charge in [0.15, 0.2) is 0 Å². The van der Waals surface area contributed by atoms with E-state index in [0.717, 1.165) is 11.1 Å². The molecule has 0 aliphatic heterocycles. The summed E-state index contributed by atoms with van der Waals surface area (Å²) in [5.74, 6) is 0.382. The molecule has 1 aliphatic carbocycles. The van der Waals surface area contributed by atoms with Crippen molar-refractivity contribution in [2.45, 2.75) is 45.6 Å². The minimum Gasteiger partial charge on any atom is -0.457 e. The fraction of sp³-hybridized carbons (Fsp3) is 0.471. The number of benzene rings is 1. The zero-order chi connectivity index (χ0) is 13.5. The molecular weight excluding hydrogens is 236 g/mol. The summed E-state index contributed by atoms with van der Waals surface area (Å²) in [4.78, 5) is 11.9. The molecule has 0 amide bonds. The average Bonchev–Trinajstić information content (AvgIpc) is 2.47. The second-order valence-corrected chi connectivity index (χ2v) is 5.31. The van der Waals surface area contributed by atoms with E-state index < -0.39 is 0 Å². The molecule has 0 heterocycles. The maximum Gasteiger partial charge on any atom is 0.333 e. The first kappa shape index (κ1) is 13.9. The third kappa shape index (κ3) is 4.55. The molecule has 0 atom stereocenters. The Bertz CT molecular complexity index is 428. The lowest BCUT2D eigenvalue weighted by atomic mass is 9.88. The number of carbonyl (C=O) groups excluding carboxylic acids is 1. The van der Waals surface area contributed by atoms with Crippen molar-refractivity contribution in [1.82, 2.24) is 0 Å². The largest absolute Gasteiger partial charge is 0.457 e. The monoisotopic (exact) mass is 258 g/mol. The van der Waals surface area contributed by atoms with Gasteiger partial charge in [-0.05, 0) is 31.2 Å². The summed E-state index contributed by atoms with van der Waals surface area (Å²) < 4.78 is 5.32. The second kappa shape index (κ2) is 7.13. The Morgan fingerprint density at radius 1 is 1.21 bits per heavy atom. The summed E-state index contributed by atoms with van der Waals surface area (Å²) in [6.45, 7) is 2.22. The summed E-state index contributed by atoms with van der Waals surface area (Å²) >= 11 is 0. The molecule has 0 unspecified atom stereocenters. The summed E-state index contributed by atoms with van der Waals surface area (Å²) in [5.41, 5.74) is 1.78. The van der Waals surface area contributed by atoms with Gasteiger partial charge < -0.3 is 4.74 Å². The minimum absolute atomic E-state index is 0.186. The number of esters is 1. The number of allylic oxidation sites excluding steroid dienone is 1. The van der Waals surface area contributed by atoms with E-state index >= 15 is 0 Å². The van der Waals surface area contributed by atoms with Crippen LogP contribution in [0.3, 0.4) is 0 Å². The average molecular weight is 258 g/mol. The molecule has 0 N–H and O–H groups in total.